The molecule has 21 heavy (non-hydrogen) atoms. The molecule has 4 heteroatoms. The highest BCUT2D eigenvalue weighted by Gasteiger charge is 2.15. The number of aryl methyl sites for hydroxylation is 1. The summed E-state index contributed by atoms with van der Waals surface area (Å²) < 4.78 is 0. The quantitative estimate of drug-likeness (QED) is 0.800. The molecular weight excluding hydrogens is 262 g/mol. The molecule has 1 aromatic rings. The molecule has 118 valence electrons. The number of benzene rings is 1. The molecule has 0 aliphatic carbocycles. The minimum absolute atomic E-state index is 0.0936. The summed E-state index contributed by atoms with van der Waals surface area (Å²) in [5, 5.41) is 3.34. The highest BCUT2D eigenvalue weighted by Crippen LogP contribution is 2.19. The molecule has 1 rings (SSSR count). The number of nitrogens with one attached hydrogen (secondary N) is 1. The van der Waals surface area contributed by atoms with E-state index in [1.807, 2.05) is 37.1 Å². The second-order valence-corrected chi connectivity index (χ2v) is 5.86. The van der Waals surface area contributed by atoms with Gasteiger partial charge in [0.2, 0.25) is 0 Å². The summed E-state index contributed by atoms with van der Waals surface area (Å²) in [6.07, 6.45) is 2.03. The van der Waals surface area contributed by atoms with Gasteiger partial charge in [-0.1, -0.05) is 18.6 Å². The van der Waals surface area contributed by atoms with Gasteiger partial charge < -0.3 is 15.1 Å². The molecule has 0 aromatic heterocycles. The molecule has 0 aliphatic heterocycles. The van der Waals surface area contributed by atoms with E-state index >= 15 is 0 Å². The smallest absolute Gasteiger partial charge is 0.255 e. The maximum Gasteiger partial charge on any atom is 0.255 e. The van der Waals surface area contributed by atoms with E-state index in [1.54, 1.807) is 0 Å². The van der Waals surface area contributed by atoms with E-state index in [1.165, 1.54) is 0 Å². The van der Waals surface area contributed by atoms with E-state index in [2.05, 4.69) is 31.2 Å². The van der Waals surface area contributed by atoms with Crippen LogP contribution in [0.4, 0.5) is 5.69 Å². The van der Waals surface area contributed by atoms with Gasteiger partial charge in [0.25, 0.3) is 5.91 Å². The topological polar surface area (TPSA) is 35.6 Å². The average molecular weight is 291 g/mol. The maximum atomic E-state index is 12.6. The van der Waals surface area contributed by atoms with Crippen LogP contribution < -0.4 is 5.32 Å². The van der Waals surface area contributed by atoms with Gasteiger partial charge in [-0.25, -0.2) is 0 Å². The summed E-state index contributed by atoms with van der Waals surface area (Å²) in [7, 11) is 5.98. The van der Waals surface area contributed by atoms with Gasteiger partial charge in [0.05, 0.1) is 5.56 Å². The molecule has 0 saturated heterocycles. The lowest BCUT2D eigenvalue weighted by Crippen LogP contribution is -2.30. The summed E-state index contributed by atoms with van der Waals surface area (Å²) in [5.74, 6) is 0.0936. The summed E-state index contributed by atoms with van der Waals surface area (Å²) in [6, 6.07) is 6.02. The van der Waals surface area contributed by atoms with Crippen LogP contribution in [0.25, 0.3) is 0 Å². The molecule has 0 radical (unpaired) electrons. The van der Waals surface area contributed by atoms with Crippen LogP contribution in [-0.2, 0) is 0 Å². The van der Waals surface area contributed by atoms with Gasteiger partial charge in [-0.15, -0.1) is 0 Å². The molecule has 0 aliphatic rings. The van der Waals surface area contributed by atoms with Gasteiger partial charge in [0.1, 0.15) is 0 Å². The Balaban J connectivity index is 2.77. The Morgan fingerprint density at radius 1 is 1.19 bits per heavy atom. The first-order valence-electron chi connectivity index (χ1n) is 7.70. The third kappa shape index (κ3) is 5.76. The van der Waals surface area contributed by atoms with Crippen molar-refractivity contribution in [2.24, 2.45) is 0 Å². The van der Waals surface area contributed by atoms with Gasteiger partial charge >= 0.3 is 0 Å². The van der Waals surface area contributed by atoms with Crippen molar-refractivity contribution in [1.29, 1.82) is 0 Å². The largest absolute Gasteiger partial charge is 0.384 e. The van der Waals surface area contributed by atoms with Gasteiger partial charge in [-0.3, -0.25) is 4.79 Å². The van der Waals surface area contributed by atoms with Crippen molar-refractivity contribution < 1.29 is 4.79 Å². The van der Waals surface area contributed by atoms with Crippen molar-refractivity contribution in [1.82, 2.24) is 9.80 Å². The second-order valence-electron chi connectivity index (χ2n) is 5.86. The lowest BCUT2D eigenvalue weighted by Gasteiger charge is -2.21. The Labute approximate surface area is 129 Å². The lowest BCUT2D eigenvalue weighted by molar-refractivity contribution is 0.0791. The number of amides is 1. The Hall–Kier alpha value is -1.55. The Morgan fingerprint density at radius 2 is 1.90 bits per heavy atom. The molecule has 0 atom stereocenters. The van der Waals surface area contributed by atoms with Gasteiger partial charge in [-0.2, -0.15) is 0 Å². The summed E-state index contributed by atoms with van der Waals surface area (Å²) in [6.45, 7) is 6.79. The van der Waals surface area contributed by atoms with Crippen LogP contribution in [0.2, 0.25) is 0 Å². The predicted molar refractivity (Wildman–Crippen MR) is 90.1 cm³/mol. The Kier molecular flexibility index (Phi) is 7.23. The highest BCUT2D eigenvalue weighted by atomic mass is 16.2. The first-order valence-corrected chi connectivity index (χ1v) is 7.70. The Bertz CT molecular complexity index is 457. The average Bonchev–Trinajstić information content (AvgIpc) is 2.44. The van der Waals surface area contributed by atoms with Crippen molar-refractivity contribution in [2.75, 3.05) is 46.1 Å². The molecule has 0 saturated carbocycles. The fraction of sp³-hybridized carbons (Fsp3) is 0.588. The number of rotatable bonds is 8. The standard InChI is InChI=1S/C17H29N3O/c1-6-10-18-16-9-8-14(2)13-15(16)17(21)20(5)12-7-11-19(3)4/h8-9,13,18H,6-7,10-12H2,1-5H3. The molecular formula is C17H29N3O. The molecule has 0 spiro atoms. The zero-order valence-electron chi connectivity index (χ0n) is 14.1. The zero-order chi connectivity index (χ0) is 15.8. The molecule has 0 fully saturated rings. The molecule has 1 amide bonds. The van der Waals surface area contributed by atoms with Crippen LogP contribution in [0.15, 0.2) is 18.2 Å². The first-order chi connectivity index (χ1) is 9.95. The highest BCUT2D eigenvalue weighted by molar-refractivity contribution is 5.99. The van der Waals surface area contributed by atoms with Gasteiger partial charge in [0.15, 0.2) is 0 Å². The third-order valence-electron chi connectivity index (χ3n) is 3.42. The van der Waals surface area contributed by atoms with Crippen LogP contribution in [0.5, 0.6) is 0 Å². The number of hydrogen-bond donors (Lipinski definition) is 1. The van der Waals surface area contributed by atoms with E-state index < -0.39 is 0 Å². The van der Waals surface area contributed by atoms with E-state index in [9.17, 15) is 4.79 Å². The predicted octanol–water partition coefficient (Wildman–Crippen LogP) is 2.84. The number of carbonyl (C=O) groups is 1. The number of carbonyl (C=O) groups excluding carboxylic acids is 1. The van der Waals surface area contributed by atoms with Crippen molar-refractivity contribution in [3.8, 4) is 0 Å². The Morgan fingerprint density at radius 3 is 2.52 bits per heavy atom. The van der Waals surface area contributed by atoms with Crippen LogP contribution >= 0.6 is 0 Å². The first kappa shape index (κ1) is 17.5. The molecule has 1 aromatic carbocycles. The molecule has 0 bridgehead atoms. The minimum atomic E-state index is 0.0936. The van der Waals surface area contributed by atoms with Crippen molar-refractivity contribution in [3.63, 3.8) is 0 Å². The van der Waals surface area contributed by atoms with Crippen molar-refractivity contribution in [3.05, 3.63) is 29.3 Å². The molecule has 4 nitrogen and oxygen atoms in total. The van der Waals surface area contributed by atoms with Crippen molar-refractivity contribution in [2.45, 2.75) is 26.7 Å². The monoisotopic (exact) mass is 291 g/mol. The van der Waals surface area contributed by atoms with E-state index in [0.717, 1.165) is 49.3 Å². The second kappa shape index (κ2) is 8.67. The molecule has 0 unspecified atom stereocenters. The zero-order valence-corrected chi connectivity index (χ0v) is 14.1. The summed E-state index contributed by atoms with van der Waals surface area (Å²) in [5.41, 5.74) is 2.82. The maximum absolute atomic E-state index is 12.6. The number of anilines is 1. The third-order valence-corrected chi connectivity index (χ3v) is 3.42. The fourth-order valence-electron chi connectivity index (χ4n) is 2.18. The summed E-state index contributed by atoms with van der Waals surface area (Å²) >= 11 is 0. The summed E-state index contributed by atoms with van der Waals surface area (Å²) in [4.78, 5) is 16.6. The van der Waals surface area contributed by atoms with Crippen LogP contribution in [0, 0.1) is 6.92 Å². The normalized spacial score (nSPS) is 10.8. The lowest BCUT2D eigenvalue weighted by atomic mass is 10.1. The van der Waals surface area contributed by atoms with Gasteiger partial charge in [-0.05, 0) is 52.5 Å². The SMILES string of the molecule is CCCNc1ccc(C)cc1C(=O)N(C)CCCN(C)C. The fourth-order valence-corrected chi connectivity index (χ4v) is 2.18. The van der Waals surface area contributed by atoms with Crippen molar-refractivity contribution >= 4 is 11.6 Å². The van der Waals surface area contributed by atoms with Gasteiger partial charge in [0, 0.05) is 25.8 Å². The van der Waals surface area contributed by atoms with Crippen LogP contribution in [0.1, 0.15) is 35.7 Å². The number of nitrogens with zero attached hydrogens (tertiary/aromatic N) is 2. The van der Waals surface area contributed by atoms with E-state index in [4.69, 9.17) is 0 Å². The van der Waals surface area contributed by atoms with E-state index in [0.29, 0.717) is 0 Å². The van der Waals surface area contributed by atoms with Crippen LogP contribution in [0.3, 0.4) is 0 Å². The van der Waals surface area contributed by atoms with E-state index in [-0.39, 0.29) is 5.91 Å². The van der Waals surface area contributed by atoms with Crippen LogP contribution in [-0.4, -0.2) is 56.5 Å². The number of hydrogen-bond acceptors (Lipinski definition) is 3. The molecule has 1 N–H and O–H groups in total. The molecule has 0 heterocycles. The minimum Gasteiger partial charge on any atom is -0.384 e.